The smallest absolute Gasteiger partial charge is 0.257 e. The number of pyridine rings is 2. The second-order valence-corrected chi connectivity index (χ2v) is 8.10. The third-order valence-corrected chi connectivity index (χ3v) is 6.20. The standard InChI is InChI=1S/C22H16Cl2N4O2/c23-16-5-3-15(4-6-16)22-13-18-17(2-1-8-25-18)21(30)28(22)11-10-27(22)20(29)14-7-9-26-19(24)12-14/h1-9,12H,10-11,13H2. The molecule has 0 aliphatic carbocycles. The molecule has 8 heteroatoms. The van der Waals surface area contributed by atoms with E-state index in [1.54, 1.807) is 52.4 Å². The molecular formula is C22H16Cl2N4O2. The van der Waals surface area contributed by atoms with Gasteiger partial charge in [0.1, 0.15) is 10.8 Å². The SMILES string of the molecule is O=C(c1ccnc(Cl)c1)N1CCN2C(=O)c3cccnc3CC12c1ccc(Cl)cc1. The van der Waals surface area contributed by atoms with Crippen molar-refractivity contribution in [1.29, 1.82) is 0 Å². The summed E-state index contributed by atoms with van der Waals surface area (Å²) in [6.07, 6.45) is 3.56. The summed E-state index contributed by atoms with van der Waals surface area (Å²) >= 11 is 12.1. The molecule has 6 nitrogen and oxygen atoms in total. The molecule has 4 heterocycles. The zero-order chi connectivity index (χ0) is 20.9. The summed E-state index contributed by atoms with van der Waals surface area (Å²) in [6, 6.07) is 14.0. The Morgan fingerprint density at radius 1 is 1.00 bits per heavy atom. The van der Waals surface area contributed by atoms with Crippen LogP contribution in [-0.2, 0) is 12.1 Å². The van der Waals surface area contributed by atoms with E-state index in [2.05, 4.69) is 9.97 Å². The van der Waals surface area contributed by atoms with Crippen LogP contribution in [0.5, 0.6) is 0 Å². The van der Waals surface area contributed by atoms with Crippen molar-refractivity contribution in [1.82, 2.24) is 19.8 Å². The lowest BCUT2D eigenvalue weighted by Gasteiger charge is -2.47. The van der Waals surface area contributed by atoms with Gasteiger partial charge in [-0.1, -0.05) is 35.3 Å². The van der Waals surface area contributed by atoms with Gasteiger partial charge in [-0.2, -0.15) is 0 Å². The summed E-state index contributed by atoms with van der Waals surface area (Å²) in [5, 5.41) is 0.823. The number of hydrogen-bond donors (Lipinski definition) is 0. The van der Waals surface area contributed by atoms with Crippen molar-refractivity contribution in [3.8, 4) is 0 Å². The van der Waals surface area contributed by atoms with Gasteiger partial charge in [0.05, 0.1) is 11.3 Å². The first kappa shape index (κ1) is 19.0. The van der Waals surface area contributed by atoms with Crippen LogP contribution in [0.2, 0.25) is 10.2 Å². The van der Waals surface area contributed by atoms with Gasteiger partial charge in [0, 0.05) is 42.5 Å². The molecule has 2 aliphatic heterocycles. The van der Waals surface area contributed by atoms with Crippen LogP contribution in [0.15, 0.2) is 60.9 Å². The topological polar surface area (TPSA) is 66.4 Å². The van der Waals surface area contributed by atoms with Crippen molar-refractivity contribution in [3.05, 3.63) is 93.5 Å². The summed E-state index contributed by atoms with van der Waals surface area (Å²) in [5.41, 5.74) is 1.48. The summed E-state index contributed by atoms with van der Waals surface area (Å²) in [5.74, 6) is -0.355. The Morgan fingerprint density at radius 2 is 1.80 bits per heavy atom. The zero-order valence-electron chi connectivity index (χ0n) is 15.8. The Kier molecular flexibility index (Phi) is 4.49. The predicted molar refractivity (Wildman–Crippen MR) is 112 cm³/mol. The molecule has 0 saturated carbocycles. The van der Waals surface area contributed by atoms with E-state index in [0.717, 1.165) is 5.56 Å². The van der Waals surface area contributed by atoms with E-state index < -0.39 is 5.66 Å². The molecular weight excluding hydrogens is 423 g/mol. The molecule has 150 valence electrons. The summed E-state index contributed by atoms with van der Waals surface area (Å²) in [4.78, 5) is 38.9. The van der Waals surface area contributed by atoms with Crippen molar-refractivity contribution >= 4 is 35.0 Å². The molecule has 1 aromatic carbocycles. The molecule has 30 heavy (non-hydrogen) atoms. The third-order valence-electron chi connectivity index (χ3n) is 5.75. The molecule has 0 N–H and O–H groups in total. The van der Waals surface area contributed by atoms with E-state index in [1.807, 2.05) is 12.1 Å². The molecule has 1 saturated heterocycles. The lowest BCUT2D eigenvalue weighted by molar-refractivity contribution is 0.00703. The molecule has 3 aromatic rings. The van der Waals surface area contributed by atoms with Gasteiger partial charge < -0.3 is 9.80 Å². The number of benzene rings is 1. The molecule has 2 aromatic heterocycles. The minimum Gasteiger partial charge on any atom is -0.309 e. The second-order valence-electron chi connectivity index (χ2n) is 7.28. The second kappa shape index (κ2) is 7.07. The maximum Gasteiger partial charge on any atom is 0.257 e. The Morgan fingerprint density at radius 3 is 2.57 bits per heavy atom. The molecule has 0 radical (unpaired) electrons. The van der Waals surface area contributed by atoms with Gasteiger partial charge in [0.2, 0.25) is 0 Å². The first-order valence-electron chi connectivity index (χ1n) is 9.46. The fourth-order valence-corrected chi connectivity index (χ4v) is 4.72. The van der Waals surface area contributed by atoms with E-state index in [1.165, 1.54) is 6.20 Å². The Balaban J connectivity index is 1.70. The lowest BCUT2D eigenvalue weighted by Crippen LogP contribution is -2.58. The highest BCUT2D eigenvalue weighted by Crippen LogP contribution is 2.45. The van der Waals surface area contributed by atoms with Gasteiger partial charge in [0.25, 0.3) is 11.8 Å². The van der Waals surface area contributed by atoms with Crippen molar-refractivity contribution < 1.29 is 9.59 Å². The maximum absolute atomic E-state index is 13.6. The number of carbonyl (C=O) groups excluding carboxylic acids is 2. The van der Waals surface area contributed by atoms with Crippen LogP contribution in [-0.4, -0.2) is 44.7 Å². The minimum absolute atomic E-state index is 0.137. The van der Waals surface area contributed by atoms with Crippen LogP contribution < -0.4 is 0 Å². The molecule has 5 rings (SSSR count). The van der Waals surface area contributed by atoms with Gasteiger partial charge in [-0.05, 0) is 42.0 Å². The fourth-order valence-electron chi connectivity index (χ4n) is 4.42. The minimum atomic E-state index is -0.990. The van der Waals surface area contributed by atoms with Gasteiger partial charge in [-0.25, -0.2) is 4.98 Å². The average Bonchev–Trinajstić information content (AvgIpc) is 3.14. The first-order valence-corrected chi connectivity index (χ1v) is 10.2. The van der Waals surface area contributed by atoms with Gasteiger partial charge in [0.15, 0.2) is 0 Å². The fraction of sp³-hybridized carbons (Fsp3) is 0.182. The molecule has 0 spiro atoms. The van der Waals surface area contributed by atoms with Crippen LogP contribution in [0.1, 0.15) is 32.0 Å². The quantitative estimate of drug-likeness (QED) is 0.570. The van der Waals surface area contributed by atoms with E-state index in [4.69, 9.17) is 23.2 Å². The molecule has 2 aliphatic rings. The average molecular weight is 439 g/mol. The Labute approximate surface area is 183 Å². The third kappa shape index (κ3) is 2.79. The van der Waals surface area contributed by atoms with Gasteiger partial charge >= 0.3 is 0 Å². The number of hydrogen-bond acceptors (Lipinski definition) is 4. The van der Waals surface area contributed by atoms with E-state index in [9.17, 15) is 9.59 Å². The number of fused-ring (bicyclic) bond motifs is 2. The number of aromatic nitrogens is 2. The Bertz CT molecular complexity index is 1170. The van der Waals surface area contributed by atoms with E-state index >= 15 is 0 Å². The van der Waals surface area contributed by atoms with E-state index in [0.29, 0.717) is 41.4 Å². The maximum atomic E-state index is 13.6. The summed E-state index contributed by atoms with van der Waals surface area (Å²) < 4.78 is 0. The molecule has 1 atom stereocenters. The zero-order valence-corrected chi connectivity index (χ0v) is 17.3. The predicted octanol–water partition coefficient (Wildman–Crippen LogP) is 3.79. The van der Waals surface area contributed by atoms with E-state index in [-0.39, 0.29) is 17.0 Å². The highest BCUT2D eigenvalue weighted by molar-refractivity contribution is 6.30. The van der Waals surface area contributed by atoms with Gasteiger partial charge in [-0.3, -0.25) is 14.6 Å². The van der Waals surface area contributed by atoms with Crippen LogP contribution in [0.25, 0.3) is 0 Å². The van der Waals surface area contributed by atoms with Crippen molar-refractivity contribution in [2.45, 2.75) is 12.1 Å². The molecule has 2 amide bonds. The number of halogens is 2. The summed E-state index contributed by atoms with van der Waals surface area (Å²) in [6.45, 7) is 0.807. The first-order chi connectivity index (χ1) is 14.5. The normalized spacial score (nSPS) is 20.1. The van der Waals surface area contributed by atoms with Crippen molar-refractivity contribution in [2.75, 3.05) is 13.1 Å². The van der Waals surface area contributed by atoms with Crippen LogP contribution in [0.4, 0.5) is 0 Å². The highest BCUT2D eigenvalue weighted by atomic mass is 35.5. The number of nitrogens with zero attached hydrogens (tertiary/aromatic N) is 4. The number of amides is 2. The number of rotatable bonds is 2. The van der Waals surface area contributed by atoms with Crippen molar-refractivity contribution in [2.24, 2.45) is 0 Å². The largest absolute Gasteiger partial charge is 0.309 e. The molecule has 0 bridgehead atoms. The van der Waals surface area contributed by atoms with Crippen LogP contribution in [0, 0.1) is 0 Å². The molecule has 1 unspecified atom stereocenters. The lowest BCUT2D eigenvalue weighted by atomic mass is 9.86. The monoisotopic (exact) mass is 438 g/mol. The van der Waals surface area contributed by atoms with Crippen LogP contribution >= 0.6 is 23.2 Å². The van der Waals surface area contributed by atoms with Crippen molar-refractivity contribution in [3.63, 3.8) is 0 Å². The Hall–Kier alpha value is -2.96. The molecule has 1 fully saturated rings. The summed E-state index contributed by atoms with van der Waals surface area (Å²) in [7, 11) is 0. The van der Waals surface area contributed by atoms with Gasteiger partial charge in [-0.15, -0.1) is 0 Å². The number of carbonyl (C=O) groups is 2. The highest BCUT2D eigenvalue weighted by Gasteiger charge is 2.56. The van der Waals surface area contributed by atoms with Crippen LogP contribution in [0.3, 0.4) is 0 Å².